The van der Waals surface area contributed by atoms with Gasteiger partial charge >= 0.3 is 0 Å². The minimum Gasteiger partial charge on any atom is -0.479 e. The first-order valence-corrected chi connectivity index (χ1v) is 9.37. The molecule has 3 amide bonds. The summed E-state index contributed by atoms with van der Waals surface area (Å²) in [6.45, 7) is 9.70. The highest BCUT2D eigenvalue weighted by Crippen LogP contribution is 2.31. The summed E-state index contributed by atoms with van der Waals surface area (Å²) in [5.41, 5.74) is 0.596. The molecule has 0 spiro atoms. The van der Waals surface area contributed by atoms with E-state index in [-0.39, 0.29) is 17.7 Å². The van der Waals surface area contributed by atoms with Crippen LogP contribution >= 0.6 is 0 Å². The average molecular weight is 373 g/mol. The molecule has 27 heavy (non-hydrogen) atoms. The number of rotatable bonds is 1. The Morgan fingerprint density at radius 1 is 1.11 bits per heavy atom. The van der Waals surface area contributed by atoms with Gasteiger partial charge in [-0.2, -0.15) is 0 Å². The summed E-state index contributed by atoms with van der Waals surface area (Å²) in [4.78, 5) is 40.8. The highest BCUT2D eigenvalue weighted by Gasteiger charge is 2.30. The van der Waals surface area contributed by atoms with Crippen LogP contribution in [0.4, 0.5) is 5.69 Å². The molecule has 1 atom stereocenters. The van der Waals surface area contributed by atoms with E-state index in [1.54, 1.807) is 30.0 Å². The highest BCUT2D eigenvalue weighted by molar-refractivity contribution is 6.01. The van der Waals surface area contributed by atoms with Crippen LogP contribution in [0.3, 0.4) is 0 Å². The zero-order chi connectivity index (χ0) is 19.8. The van der Waals surface area contributed by atoms with Crippen molar-refractivity contribution >= 4 is 23.4 Å². The fraction of sp³-hybridized carbons (Fsp3) is 0.550. The van der Waals surface area contributed by atoms with Gasteiger partial charge in [-0.15, -0.1) is 0 Å². The Hall–Kier alpha value is -2.57. The molecule has 0 saturated carbocycles. The maximum atomic E-state index is 12.9. The number of benzene rings is 1. The Bertz CT molecular complexity index is 769. The second-order valence-corrected chi connectivity index (χ2v) is 8.15. The molecular weight excluding hydrogens is 346 g/mol. The van der Waals surface area contributed by atoms with E-state index in [0.29, 0.717) is 43.2 Å². The Morgan fingerprint density at radius 2 is 1.78 bits per heavy atom. The number of amides is 3. The van der Waals surface area contributed by atoms with Gasteiger partial charge in [0.2, 0.25) is 5.91 Å². The van der Waals surface area contributed by atoms with Crippen LogP contribution in [0.1, 0.15) is 44.5 Å². The zero-order valence-corrected chi connectivity index (χ0v) is 16.4. The van der Waals surface area contributed by atoms with E-state index in [0.717, 1.165) is 6.42 Å². The molecule has 7 nitrogen and oxygen atoms in total. The molecule has 1 aromatic rings. The smallest absolute Gasteiger partial charge is 0.265 e. The van der Waals surface area contributed by atoms with E-state index >= 15 is 0 Å². The van der Waals surface area contributed by atoms with Crippen LogP contribution in [-0.4, -0.2) is 59.8 Å². The van der Waals surface area contributed by atoms with Gasteiger partial charge in [-0.3, -0.25) is 14.4 Å². The molecule has 1 saturated heterocycles. The highest BCUT2D eigenvalue weighted by atomic mass is 16.5. The summed E-state index contributed by atoms with van der Waals surface area (Å²) in [7, 11) is 0. The number of nitrogens with zero attached hydrogens (tertiary/aromatic N) is 2. The van der Waals surface area contributed by atoms with Crippen molar-refractivity contribution in [1.29, 1.82) is 0 Å². The van der Waals surface area contributed by atoms with Gasteiger partial charge in [0, 0.05) is 37.2 Å². The van der Waals surface area contributed by atoms with Gasteiger partial charge in [-0.05, 0) is 31.5 Å². The van der Waals surface area contributed by atoms with E-state index in [1.165, 1.54) is 0 Å². The molecule has 0 aromatic heterocycles. The number of anilines is 1. The first-order valence-electron chi connectivity index (χ1n) is 9.37. The minimum atomic E-state index is -0.545. The molecule has 1 fully saturated rings. The number of hydrogen-bond acceptors (Lipinski definition) is 4. The van der Waals surface area contributed by atoms with E-state index in [2.05, 4.69) is 5.32 Å². The zero-order valence-electron chi connectivity index (χ0n) is 16.4. The standard InChI is InChI=1S/C20H27N3O4/c1-13-17(24)21-15-12-14(6-7-16(15)27-13)18(25)22-8-5-9-23(11-10-22)19(26)20(2,3)4/h6-7,12-13H,5,8-11H2,1-4H3,(H,21,24). The quantitative estimate of drug-likeness (QED) is 0.818. The summed E-state index contributed by atoms with van der Waals surface area (Å²) in [5, 5.41) is 2.77. The summed E-state index contributed by atoms with van der Waals surface area (Å²) in [6, 6.07) is 5.09. The van der Waals surface area contributed by atoms with Crippen LogP contribution in [0.5, 0.6) is 5.75 Å². The van der Waals surface area contributed by atoms with Crippen LogP contribution in [0.15, 0.2) is 18.2 Å². The molecule has 0 aliphatic carbocycles. The lowest BCUT2D eigenvalue weighted by molar-refractivity contribution is -0.139. The Kier molecular flexibility index (Phi) is 5.13. The van der Waals surface area contributed by atoms with Gasteiger partial charge in [0.1, 0.15) is 5.75 Å². The van der Waals surface area contributed by atoms with Crippen molar-refractivity contribution in [2.75, 3.05) is 31.5 Å². The second-order valence-electron chi connectivity index (χ2n) is 8.15. The van der Waals surface area contributed by atoms with Gasteiger partial charge in [-0.25, -0.2) is 0 Å². The molecule has 1 unspecified atom stereocenters. The van der Waals surface area contributed by atoms with Crippen LogP contribution in [-0.2, 0) is 9.59 Å². The monoisotopic (exact) mass is 373 g/mol. The number of carbonyl (C=O) groups is 3. The molecule has 7 heteroatoms. The molecule has 2 aliphatic rings. The molecule has 146 valence electrons. The molecule has 1 aromatic carbocycles. The third kappa shape index (κ3) is 4.07. The molecule has 0 bridgehead atoms. The largest absolute Gasteiger partial charge is 0.479 e. The molecule has 0 radical (unpaired) electrons. The third-order valence-electron chi connectivity index (χ3n) is 4.87. The number of carbonyl (C=O) groups excluding carboxylic acids is 3. The fourth-order valence-corrected chi connectivity index (χ4v) is 3.32. The third-order valence-corrected chi connectivity index (χ3v) is 4.87. The fourth-order valence-electron chi connectivity index (χ4n) is 3.32. The van der Waals surface area contributed by atoms with Crippen LogP contribution in [0.2, 0.25) is 0 Å². The van der Waals surface area contributed by atoms with E-state index in [1.807, 2.05) is 25.7 Å². The lowest BCUT2D eigenvalue weighted by Crippen LogP contribution is -2.42. The van der Waals surface area contributed by atoms with Crippen molar-refractivity contribution in [1.82, 2.24) is 9.80 Å². The van der Waals surface area contributed by atoms with Crippen molar-refractivity contribution in [3.05, 3.63) is 23.8 Å². The Morgan fingerprint density at radius 3 is 2.48 bits per heavy atom. The SMILES string of the molecule is CC1Oc2ccc(C(=O)N3CCCN(C(=O)C(C)(C)C)CC3)cc2NC1=O. The molecule has 1 N–H and O–H groups in total. The second kappa shape index (κ2) is 7.21. The Balaban J connectivity index is 1.71. The first-order chi connectivity index (χ1) is 12.7. The Labute approximate surface area is 159 Å². The maximum Gasteiger partial charge on any atom is 0.265 e. The van der Waals surface area contributed by atoms with Crippen molar-refractivity contribution in [2.24, 2.45) is 5.41 Å². The summed E-state index contributed by atoms with van der Waals surface area (Å²) in [5.74, 6) is 0.352. The van der Waals surface area contributed by atoms with Crippen molar-refractivity contribution in [3.63, 3.8) is 0 Å². The van der Waals surface area contributed by atoms with Crippen LogP contribution in [0.25, 0.3) is 0 Å². The molecule has 2 heterocycles. The van der Waals surface area contributed by atoms with E-state index in [4.69, 9.17) is 4.74 Å². The number of ether oxygens (including phenoxy) is 1. The van der Waals surface area contributed by atoms with Gasteiger partial charge < -0.3 is 19.9 Å². The predicted octanol–water partition coefficient (Wildman–Crippen LogP) is 2.13. The predicted molar refractivity (Wildman–Crippen MR) is 102 cm³/mol. The molecular formula is C20H27N3O4. The lowest BCUT2D eigenvalue weighted by atomic mass is 9.94. The van der Waals surface area contributed by atoms with Crippen molar-refractivity contribution in [3.8, 4) is 5.75 Å². The molecule has 2 aliphatic heterocycles. The van der Waals surface area contributed by atoms with Crippen LogP contribution in [0, 0.1) is 5.41 Å². The normalized spacial score (nSPS) is 20.3. The summed E-state index contributed by atoms with van der Waals surface area (Å²) < 4.78 is 5.54. The maximum absolute atomic E-state index is 12.9. The van der Waals surface area contributed by atoms with Gasteiger partial charge in [0.15, 0.2) is 6.10 Å². The van der Waals surface area contributed by atoms with Crippen LogP contribution < -0.4 is 10.1 Å². The van der Waals surface area contributed by atoms with Crippen molar-refractivity contribution < 1.29 is 19.1 Å². The topological polar surface area (TPSA) is 79.0 Å². The van der Waals surface area contributed by atoms with Gasteiger partial charge in [-0.1, -0.05) is 20.8 Å². The summed E-state index contributed by atoms with van der Waals surface area (Å²) in [6.07, 6.45) is 0.201. The average Bonchev–Trinajstić information content (AvgIpc) is 2.86. The summed E-state index contributed by atoms with van der Waals surface area (Å²) >= 11 is 0. The first kappa shape index (κ1) is 19.2. The van der Waals surface area contributed by atoms with Crippen molar-refractivity contribution in [2.45, 2.75) is 40.2 Å². The van der Waals surface area contributed by atoms with Gasteiger partial charge in [0.05, 0.1) is 5.69 Å². The van der Waals surface area contributed by atoms with E-state index < -0.39 is 11.5 Å². The minimum absolute atomic E-state index is 0.101. The lowest BCUT2D eigenvalue weighted by Gasteiger charge is -2.28. The number of nitrogens with one attached hydrogen (secondary N) is 1. The van der Waals surface area contributed by atoms with Gasteiger partial charge in [0.25, 0.3) is 11.8 Å². The van der Waals surface area contributed by atoms with E-state index in [9.17, 15) is 14.4 Å². The number of fused-ring (bicyclic) bond motifs is 1. The number of hydrogen-bond donors (Lipinski definition) is 1. The molecule has 3 rings (SSSR count).